The van der Waals surface area contributed by atoms with Crippen molar-refractivity contribution in [2.75, 3.05) is 6.54 Å². The minimum atomic E-state index is -0.133. The summed E-state index contributed by atoms with van der Waals surface area (Å²) in [5, 5.41) is 3.53. The molecule has 146 valence electrons. The average Bonchev–Trinajstić information content (AvgIpc) is 3.12. The van der Waals surface area contributed by atoms with Gasteiger partial charge < -0.3 is 9.88 Å². The number of nitrogens with one attached hydrogen (secondary N) is 1. The van der Waals surface area contributed by atoms with Crippen molar-refractivity contribution in [2.45, 2.75) is 19.4 Å². The molecule has 1 amide bonds. The summed E-state index contributed by atoms with van der Waals surface area (Å²) in [6.45, 7) is 2.67. The Morgan fingerprint density at radius 2 is 1.79 bits per heavy atom. The summed E-state index contributed by atoms with van der Waals surface area (Å²) in [4.78, 5) is 17.2. The standard InChI is InChI=1S/C24H22ClN3O/c1-17(18-8-3-2-4-9-18)28-22-13-6-5-12-21(22)27-23(28)14-15-26-24(29)19-10-7-11-20(25)16-19/h2-13,16-17H,14-15H2,1H3,(H,26,29). The van der Waals surface area contributed by atoms with Crippen LogP contribution < -0.4 is 5.32 Å². The zero-order valence-corrected chi connectivity index (χ0v) is 16.9. The van der Waals surface area contributed by atoms with E-state index in [0.29, 0.717) is 23.6 Å². The molecule has 1 aromatic heterocycles. The fourth-order valence-electron chi connectivity index (χ4n) is 3.60. The molecule has 0 aliphatic heterocycles. The molecule has 0 fully saturated rings. The maximum absolute atomic E-state index is 12.4. The predicted octanol–water partition coefficient (Wildman–Crippen LogP) is 5.27. The lowest BCUT2D eigenvalue weighted by molar-refractivity contribution is 0.0954. The van der Waals surface area contributed by atoms with Crippen LogP contribution in [0.5, 0.6) is 0 Å². The molecule has 1 N–H and O–H groups in total. The molecule has 0 saturated carbocycles. The molecule has 4 rings (SSSR count). The minimum Gasteiger partial charge on any atom is -0.352 e. The largest absolute Gasteiger partial charge is 0.352 e. The third kappa shape index (κ3) is 4.17. The highest BCUT2D eigenvalue weighted by atomic mass is 35.5. The van der Waals surface area contributed by atoms with Crippen LogP contribution in [0.15, 0.2) is 78.9 Å². The highest BCUT2D eigenvalue weighted by molar-refractivity contribution is 6.30. The fourth-order valence-corrected chi connectivity index (χ4v) is 3.79. The van der Waals surface area contributed by atoms with Crippen molar-refractivity contribution < 1.29 is 4.79 Å². The van der Waals surface area contributed by atoms with E-state index >= 15 is 0 Å². The number of rotatable bonds is 6. The third-order valence-electron chi connectivity index (χ3n) is 5.06. The minimum absolute atomic E-state index is 0.133. The van der Waals surface area contributed by atoms with Crippen molar-refractivity contribution in [2.24, 2.45) is 0 Å². The first-order valence-corrected chi connectivity index (χ1v) is 10.1. The number of para-hydroxylation sites is 2. The zero-order chi connectivity index (χ0) is 20.2. The van der Waals surface area contributed by atoms with Crippen molar-refractivity contribution in [3.63, 3.8) is 0 Å². The number of carbonyl (C=O) groups is 1. The molecule has 0 aliphatic rings. The van der Waals surface area contributed by atoms with Crippen LogP contribution in [0, 0.1) is 0 Å². The first-order valence-electron chi connectivity index (χ1n) is 9.68. The van der Waals surface area contributed by atoms with Crippen LogP contribution in [0.1, 0.15) is 34.7 Å². The first kappa shape index (κ1) is 19.2. The molecule has 0 bridgehead atoms. The number of imidazole rings is 1. The molecule has 0 radical (unpaired) electrons. The summed E-state index contributed by atoms with van der Waals surface area (Å²) in [5.41, 5.74) is 3.84. The highest BCUT2D eigenvalue weighted by Gasteiger charge is 2.17. The van der Waals surface area contributed by atoms with Gasteiger partial charge in [0, 0.05) is 23.6 Å². The second-order valence-electron chi connectivity index (χ2n) is 6.99. The van der Waals surface area contributed by atoms with E-state index in [-0.39, 0.29) is 11.9 Å². The Balaban J connectivity index is 1.56. The van der Waals surface area contributed by atoms with Crippen LogP contribution in [0.25, 0.3) is 11.0 Å². The van der Waals surface area contributed by atoms with Gasteiger partial charge in [0.15, 0.2) is 0 Å². The Labute approximate surface area is 175 Å². The molecule has 4 nitrogen and oxygen atoms in total. The van der Waals surface area contributed by atoms with E-state index in [0.717, 1.165) is 16.9 Å². The number of hydrogen-bond acceptors (Lipinski definition) is 2. The smallest absolute Gasteiger partial charge is 0.251 e. The topological polar surface area (TPSA) is 46.9 Å². The number of aromatic nitrogens is 2. The lowest BCUT2D eigenvalue weighted by Gasteiger charge is -2.18. The second-order valence-corrected chi connectivity index (χ2v) is 7.43. The normalized spacial score (nSPS) is 12.1. The first-order chi connectivity index (χ1) is 14.1. The van der Waals surface area contributed by atoms with E-state index in [2.05, 4.69) is 47.1 Å². The van der Waals surface area contributed by atoms with Gasteiger partial charge in [0.1, 0.15) is 5.82 Å². The number of nitrogens with zero attached hydrogens (tertiary/aromatic N) is 2. The van der Waals surface area contributed by atoms with Crippen LogP contribution in [0.3, 0.4) is 0 Å². The molecule has 0 saturated heterocycles. The van der Waals surface area contributed by atoms with Gasteiger partial charge in [0.25, 0.3) is 5.91 Å². The van der Waals surface area contributed by atoms with Gasteiger partial charge in [-0.1, -0.05) is 60.1 Å². The number of fused-ring (bicyclic) bond motifs is 1. The summed E-state index contributed by atoms with van der Waals surface area (Å²) >= 11 is 5.98. The van der Waals surface area contributed by atoms with Crippen molar-refractivity contribution >= 4 is 28.5 Å². The number of halogens is 1. The molecular weight excluding hydrogens is 382 g/mol. The maximum Gasteiger partial charge on any atom is 0.251 e. The highest BCUT2D eigenvalue weighted by Crippen LogP contribution is 2.26. The van der Waals surface area contributed by atoms with Crippen LogP contribution in [0.2, 0.25) is 5.02 Å². The molecule has 5 heteroatoms. The van der Waals surface area contributed by atoms with Gasteiger partial charge in [0.2, 0.25) is 0 Å². The molecule has 1 heterocycles. The van der Waals surface area contributed by atoms with E-state index < -0.39 is 0 Å². The summed E-state index contributed by atoms with van der Waals surface area (Å²) in [5.74, 6) is 0.820. The number of hydrogen-bond donors (Lipinski definition) is 1. The Morgan fingerprint density at radius 3 is 2.59 bits per heavy atom. The molecule has 29 heavy (non-hydrogen) atoms. The monoisotopic (exact) mass is 403 g/mol. The van der Waals surface area contributed by atoms with Gasteiger partial charge in [-0.2, -0.15) is 0 Å². The zero-order valence-electron chi connectivity index (χ0n) is 16.2. The number of carbonyl (C=O) groups excluding carboxylic acids is 1. The molecular formula is C24H22ClN3O. The third-order valence-corrected chi connectivity index (χ3v) is 5.29. The maximum atomic E-state index is 12.4. The predicted molar refractivity (Wildman–Crippen MR) is 117 cm³/mol. The molecule has 0 aliphatic carbocycles. The van der Waals surface area contributed by atoms with Crippen molar-refractivity contribution in [3.05, 3.63) is 101 Å². The second kappa shape index (κ2) is 8.50. The Hall–Kier alpha value is -3.11. The Kier molecular flexibility index (Phi) is 5.63. The summed E-state index contributed by atoms with van der Waals surface area (Å²) in [7, 11) is 0. The van der Waals surface area contributed by atoms with Crippen molar-refractivity contribution in [1.82, 2.24) is 14.9 Å². The summed E-state index contributed by atoms with van der Waals surface area (Å²) < 4.78 is 2.26. The van der Waals surface area contributed by atoms with Crippen LogP contribution in [-0.4, -0.2) is 22.0 Å². The van der Waals surface area contributed by atoms with Gasteiger partial charge >= 0.3 is 0 Å². The molecule has 3 aromatic carbocycles. The van der Waals surface area contributed by atoms with Crippen LogP contribution >= 0.6 is 11.6 Å². The SMILES string of the molecule is CC(c1ccccc1)n1c(CCNC(=O)c2cccc(Cl)c2)nc2ccccc21. The van der Waals surface area contributed by atoms with Gasteiger partial charge in [-0.05, 0) is 42.8 Å². The lowest BCUT2D eigenvalue weighted by Crippen LogP contribution is -2.26. The molecule has 1 atom stereocenters. The van der Waals surface area contributed by atoms with Crippen LogP contribution in [0.4, 0.5) is 0 Å². The molecule has 4 aromatic rings. The van der Waals surface area contributed by atoms with Crippen molar-refractivity contribution in [3.8, 4) is 0 Å². The van der Waals surface area contributed by atoms with Gasteiger partial charge in [-0.3, -0.25) is 4.79 Å². The van der Waals surface area contributed by atoms with E-state index in [1.54, 1.807) is 24.3 Å². The van der Waals surface area contributed by atoms with Crippen molar-refractivity contribution in [1.29, 1.82) is 0 Å². The average molecular weight is 404 g/mol. The van der Waals surface area contributed by atoms with E-state index in [4.69, 9.17) is 16.6 Å². The number of amides is 1. The quantitative estimate of drug-likeness (QED) is 0.476. The molecule has 1 unspecified atom stereocenters. The van der Waals surface area contributed by atoms with Gasteiger partial charge in [0.05, 0.1) is 17.1 Å². The number of benzene rings is 3. The van der Waals surface area contributed by atoms with E-state index in [1.165, 1.54) is 5.56 Å². The van der Waals surface area contributed by atoms with E-state index in [9.17, 15) is 4.79 Å². The lowest BCUT2D eigenvalue weighted by atomic mass is 10.1. The van der Waals surface area contributed by atoms with Gasteiger partial charge in [-0.15, -0.1) is 0 Å². The summed E-state index contributed by atoms with van der Waals surface area (Å²) in [6.07, 6.45) is 0.637. The summed E-state index contributed by atoms with van der Waals surface area (Å²) in [6, 6.07) is 25.6. The van der Waals surface area contributed by atoms with Gasteiger partial charge in [-0.25, -0.2) is 4.98 Å². The van der Waals surface area contributed by atoms with Crippen LogP contribution in [-0.2, 0) is 6.42 Å². The fraction of sp³-hybridized carbons (Fsp3) is 0.167. The Morgan fingerprint density at radius 1 is 1.03 bits per heavy atom. The van der Waals surface area contributed by atoms with E-state index in [1.807, 2.05) is 24.3 Å². The Bertz CT molecular complexity index is 1140. The molecule has 0 spiro atoms.